The van der Waals surface area contributed by atoms with Gasteiger partial charge in [0.05, 0.1) is 24.8 Å². The molecule has 1 heterocycles. The molecule has 140 valence electrons. The molecule has 0 aromatic carbocycles. The van der Waals surface area contributed by atoms with E-state index >= 15 is 0 Å². The van der Waals surface area contributed by atoms with E-state index in [2.05, 4.69) is 33.9 Å². The van der Waals surface area contributed by atoms with Gasteiger partial charge in [0.25, 0.3) is 0 Å². The largest absolute Gasteiger partial charge is 0.598 e. The summed E-state index contributed by atoms with van der Waals surface area (Å²) < 4.78 is 25.1. The molecule has 5 nitrogen and oxygen atoms in total. The molecule has 0 aromatic heterocycles. The van der Waals surface area contributed by atoms with Crippen LogP contribution in [-0.4, -0.2) is 55.2 Å². The molecule has 0 radical (unpaired) electrons. The van der Waals surface area contributed by atoms with Gasteiger partial charge in [0.15, 0.2) is 8.32 Å². The fraction of sp³-hybridized carbons (Fsp3) is 0.824. The summed E-state index contributed by atoms with van der Waals surface area (Å²) in [6.07, 6.45) is 5.08. The van der Waals surface area contributed by atoms with Crippen molar-refractivity contribution in [3.63, 3.8) is 0 Å². The summed E-state index contributed by atoms with van der Waals surface area (Å²) >= 11 is -1.11. The van der Waals surface area contributed by atoms with E-state index in [-0.39, 0.29) is 17.0 Å². The van der Waals surface area contributed by atoms with Crippen LogP contribution in [0, 0.1) is 0 Å². The van der Waals surface area contributed by atoms with Crippen molar-refractivity contribution in [1.82, 2.24) is 4.31 Å². The lowest BCUT2D eigenvalue weighted by atomic mass is 10.1. The van der Waals surface area contributed by atoms with Gasteiger partial charge in [-0.15, -0.1) is 4.31 Å². The summed E-state index contributed by atoms with van der Waals surface area (Å²) in [7, 11) is -1.75. The molecular formula is C17H33NO4SSi. The molecule has 0 bridgehead atoms. The number of rotatable bonds is 8. The van der Waals surface area contributed by atoms with Gasteiger partial charge in [-0.05, 0) is 37.9 Å². The van der Waals surface area contributed by atoms with Gasteiger partial charge in [0.1, 0.15) is 6.26 Å². The maximum absolute atomic E-state index is 12.1. The maximum Gasteiger partial charge on any atom is 0.335 e. The highest BCUT2D eigenvalue weighted by molar-refractivity contribution is 7.88. The van der Waals surface area contributed by atoms with E-state index in [0.29, 0.717) is 25.3 Å². The first-order chi connectivity index (χ1) is 11.0. The molecule has 0 fully saturated rings. The Hall–Kier alpha value is -0.343. The Morgan fingerprint density at radius 3 is 2.58 bits per heavy atom. The summed E-state index contributed by atoms with van der Waals surface area (Å²) in [6, 6.07) is -0.141. The number of ether oxygens (including phenoxy) is 1. The molecule has 0 saturated heterocycles. The molecular weight excluding hydrogens is 342 g/mol. The van der Waals surface area contributed by atoms with Crippen LogP contribution in [0.25, 0.3) is 0 Å². The minimum absolute atomic E-state index is 0.141. The van der Waals surface area contributed by atoms with Gasteiger partial charge in [0, 0.05) is 18.0 Å². The molecule has 0 spiro atoms. The number of esters is 1. The lowest BCUT2D eigenvalue weighted by Gasteiger charge is -2.36. The van der Waals surface area contributed by atoms with E-state index in [1.54, 1.807) is 13.2 Å². The highest BCUT2D eigenvalue weighted by Crippen LogP contribution is 2.36. The number of carbonyl (C=O) groups excluding carboxylic acids is 1. The molecule has 1 aliphatic heterocycles. The van der Waals surface area contributed by atoms with Gasteiger partial charge in [-0.2, -0.15) is 0 Å². The predicted octanol–water partition coefficient (Wildman–Crippen LogP) is 3.26. The van der Waals surface area contributed by atoms with E-state index in [9.17, 15) is 9.35 Å². The van der Waals surface area contributed by atoms with Crippen LogP contribution in [0.4, 0.5) is 0 Å². The van der Waals surface area contributed by atoms with Crippen LogP contribution in [0.2, 0.25) is 18.1 Å². The molecule has 2 atom stereocenters. The van der Waals surface area contributed by atoms with E-state index in [4.69, 9.17) is 9.16 Å². The molecule has 0 aliphatic carbocycles. The second-order valence-electron chi connectivity index (χ2n) is 7.67. The molecule has 0 amide bonds. The number of hydrogen-bond donors (Lipinski definition) is 0. The summed E-state index contributed by atoms with van der Waals surface area (Å²) in [6.45, 7) is 14.5. The first-order valence-electron chi connectivity index (χ1n) is 8.62. The van der Waals surface area contributed by atoms with Crippen LogP contribution in [0.1, 0.15) is 40.5 Å². The lowest BCUT2D eigenvalue weighted by molar-refractivity contribution is -0.138. The SMILES string of the molecule is CCOC(=O)C1=CCN([S+](C)[O-])[C@@H]1CCCO[Si](C)(C)C(C)(C)C. The minimum atomic E-state index is -1.75. The van der Waals surface area contributed by atoms with E-state index < -0.39 is 19.7 Å². The highest BCUT2D eigenvalue weighted by atomic mass is 32.2. The van der Waals surface area contributed by atoms with Gasteiger partial charge < -0.3 is 13.7 Å². The van der Waals surface area contributed by atoms with Gasteiger partial charge >= 0.3 is 5.97 Å². The summed E-state index contributed by atoms with van der Waals surface area (Å²) in [5.74, 6) is -0.291. The molecule has 1 aliphatic rings. The zero-order valence-electron chi connectivity index (χ0n) is 16.2. The standard InChI is InChI=1S/C17H33NO4SSi/c1-8-21-16(19)14-11-12-18(23(5)20)15(14)10-9-13-22-24(6,7)17(2,3)4/h11,15H,8-10,12-13H2,1-7H3/t15-,23?/m1/s1. The molecule has 24 heavy (non-hydrogen) atoms. The summed E-state index contributed by atoms with van der Waals surface area (Å²) in [4.78, 5) is 12.1. The van der Waals surface area contributed by atoms with E-state index in [1.807, 2.05) is 10.4 Å². The summed E-state index contributed by atoms with van der Waals surface area (Å²) in [5, 5.41) is 0.188. The summed E-state index contributed by atoms with van der Waals surface area (Å²) in [5.41, 5.74) is 0.638. The first kappa shape index (κ1) is 21.7. The van der Waals surface area contributed by atoms with Crippen LogP contribution in [0.5, 0.6) is 0 Å². The third-order valence-corrected chi connectivity index (χ3v) is 10.5. The van der Waals surface area contributed by atoms with Crippen molar-refractivity contribution in [3.8, 4) is 0 Å². The average molecular weight is 376 g/mol. The Kier molecular flexibility index (Phi) is 8.00. The fourth-order valence-electron chi connectivity index (χ4n) is 2.44. The average Bonchev–Trinajstić information content (AvgIpc) is 2.86. The van der Waals surface area contributed by atoms with Crippen molar-refractivity contribution in [3.05, 3.63) is 11.6 Å². The molecule has 1 unspecified atom stereocenters. The minimum Gasteiger partial charge on any atom is -0.598 e. The van der Waals surface area contributed by atoms with Crippen LogP contribution >= 0.6 is 0 Å². The van der Waals surface area contributed by atoms with Crippen molar-refractivity contribution >= 4 is 25.6 Å². The van der Waals surface area contributed by atoms with Crippen molar-refractivity contribution in [1.29, 1.82) is 0 Å². The van der Waals surface area contributed by atoms with Gasteiger partial charge in [-0.1, -0.05) is 26.8 Å². The topological polar surface area (TPSA) is 61.8 Å². The monoisotopic (exact) mass is 375 g/mol. The fourth-order valence-corrected chi connectivity index (χ4v) is 4.39. The van der Waals surface area contributed by atoms with Gasteiger partial charge in [-0.3, -0.25) is 0 Å². The third-order valence-electron chi connectivity index (χ3n) is 4.93. The van der Waals surface area contributed by atoms with Crippen molar-refractivity contribution < 1.29 is 18.5 Å². The van der Waals surface area contributed by atoms with Gasteiger partial charge in [0.2, 0.25) is 0 Å². The molecule has 0 N–H and O–H groups in total. The highest BCUT2D eigenvalue weighted by Gasteiger charge is 2.39. The molecule has 7 heteroatoms. The Morgan fingerprint density at radius 2 is 2.08 bits per heavy atom. The maximum atomic E-state index is 12.1. The van der Waals surface area contributed by atoms with Crippen LogP contribution < -0.4 is 0 Å². The number of carbonyl (C=O) groups is 1. The van der Waals surface area contributed by atoms with Crippen LogP contribution in [-0.2, 0) is 25.3 Å². The Bertz CT molecular complexity index is 460. The normalized spacial score (nSPS) is 20.8. The first-order valence-corrected chi connectivity index (χ1v) is 13.0. The van der Waals surface area contributed by atoms with Crippen molar-refractivity contribution in [2.45, 2.75) is 64.7 Å². The predicted molar refractivity (Wildman–Crippen MR) is 102 cm³/mol. The number of nitrogens with zero attached hydrogens (tertiary/aromatic N) is 1. The van der Waals surface area contributed by atoms with Crippen LogP contribution in [0.15, 0.2) is 11.6 Å². The second-order valence-corrected chi connectivity index (χ2v) is 13.8. The molecule has 0 saturated carbocycles. The van der Waals surface area contributed by atoms with Crippen molar-refractivity contribution in [2.24, 2.45) is 0 Å². The van der Waals surface area contributed by atoms with E-state index in [0.717, 1.165) is 12.8 Å². The third kappa shape index (κ3) is 5.59. The molecule has 1 rings (SSSR count). The van der Waals surface area contributed by atoms with Crippen molar-refractivity contribution in [2.75, 3.05) is 26.0 Å². The smallest absolute Gasteiger partial charge is 0.335 e. The Labute approximate surface area is 151 Å². The second kappa shape index (κ2) is 8.85. The zero-order valence-corrected chi connectivity index (χ0v) is 18.0. The quantitative estimate of drug-likeness (QED) is 0.282. The Balaban J connectivity index is 2.61. The van der Waals surface area contributed by atoms with Crippen LogP contribution in [0.3, 0.4) is 0 Å². The lowest BCUT2D eigenvalue weighted by Crippen LogP contribution is -2.41. The zero-order chi connectivity index (χ0) is 18.5. The molecule has 0 aromatic rings. The Morgan fingerprint density at radius 1 is 1.46 bits per heavy atom. The van der Waals surface area contributed by atoms with Gasteiger partial charge in [-0.25, -0.2) is 4.79 Å². The van der Waals surface area contributed by atoms with E-state index in [1.165, 1.54) is 0 Å². The number of hydrogen-bond acceptors (Lipinski definition) is 5.